The molecule has 0 aliphatic heterocycles. The predicted octanol–water partition coefficient (Wildman–Crippen LogP) is 1.34. The molecule has 1 atom stereocenters. The minimum Gasteiger partial charge on any atom is -0.316 e. The maximum Gasteiger partial charge on any atom is 0.397 e. The highest BCUT2D eigenvalue weighted by molar-refractivity contribution is 8.84. The second-order valence-corrected chi connectivity index (χ2v) is 8.98. The van der Waals surface area contributed by atoms with E-state index in [0.29, 0.717) is 6.42 Å². The standard InChI is InChI=1S/C3H10O6P2S/c1-2-3-9-11(7,8)12-10(4,5)6/h2-3H2,1H3,(H,7,8)(H2,4,5,6). The molecular formula is C3H10O6P2S. The van der Waals surface area contributed by atoms with E-state index in [0.717, 1.165) is 0 Å². The van der Waals surface area contributed by atoms with E-state index in [9.17, 15) is 9.13 Å². The lowest BCUT2D eigenvalue weighted by molar-refractivity contribution is 0.276. The van der Waals surface area contributed by atoms with Crippen molar-refractivity contribution in [1.82, 2.24) is 0 Å². The minimum absolute atomic E-state index is 0.000772. The van der Waals surface area contributed by atoms with E-state index in [1.807, 2.05) is 0 Å². The lowest BCUT2D eigenvalue weighted by atomic mass is 10.5. The molecule has 0 heterocycles. The molecule has 0 aliphatic rings. The van der Waals surface area contributed by atoms with Crippen molar-refractivity contribution in [2.45, 2.75) is 13.3 Å². The van der Waals surface area contributed by atoms with Crippen LogP contribution in [0.3, 0.4) is 0 Å². The molecular weight excluding hydrogens is 226 g/mol. The Morgan fingerprint density at radius 3 is 2.17 bits per heavy atom. The Morgan fingerprint density at radius 1 is 1.33 bits per heavy atom. The molecule has 0 saturated carbocycles. The summed E-state index contributed by atoms with van der Waals surface area (Å²) >= 11 is -0.345. The highest BCUT2D eigenvalue weighted by Crippen LogP contribution is 2.72. The van der Waals surface area contributed by atoms with Gasteiger partial charge in [0.2, 0.25) is 0 Å². The third-order valence-corrected chi connectivity index (χ3v) is 6.94. The Labute approximate surface area is 73.5 Å². The molecule has 0 aromatic heterocycles. The highest BCUT2D eigenvalue weighted by Gasteiger charge is 2.31. The summed E-state index contributed by atoms with van der Waals surface area (Å²) in [6.45, 7) is -7.01. The van der Waals surface area contributed by atoms with E-state index in [1.165, 1.54) is 0 Å². The van der Waals surface area contributed by atoms with E-state index in [-0.39, 0.29) is 17.6 Å². The second-order valence-electron chi connectivity index (χ2n) is 1.87. The normalized spacial score (nSPS) is 17.3. The first-order chi connectivity index (χ1) is 5.27. The first-order valence-electron chi connectivity index (χ1n) is 3.01. The predicted molar refractivity (Wildman–Crippen MR) is 45.7 cm³/mol. The van der Waals surface area contributed by atoms with Crippen molar-refractivity contribution >= 4 is 24.6 Å². The fraction of sp³-hybridized carbons (Fsp3) is 1.00. The average Bonchev–Trinajstić information content (AvgIpc) is 1.78. The van der Waals surface area contributed by atoms with Crippen LogP contribution in [-0.2, 0) is 13.7 Å². The smallest absolute Gasteiger partial charge is 0.316 e. The van der Waals surface area contributed by atoms with Crippen LogP contribution in [0.2, 0.25) is 0 Å². The van der Waals surface area contributed by atoms with Crippen LogP contribution in [0.4, 0.5) is 0 Å². The third-order valence-electron chi connectivity index (χ3n) is 0.668. The van der Waals surface area contributed by atoms with Crippen molar-refractivity contribution in [3.63, 3.8) is 0 Å². The van der Waals surface area contributed by atoms with Crippen LogP contribution < -0.4 is 0 Å². The van der Waals surface area contributed by atoms with Crippen LogP contribution in [0, 0.1) is 0 Å². The van der Waals surface area contributed by atoms with E-state index in [1.54, 1.807) is 6.92 Å². The van der Waals surface area contributed by atoms with Gasteiger partial charge in [0.1, 0.15) is 0 Å². The first-order valence-corrected chi connectivity index (χ1v) is 8.23. The summed E-state index contributed by atoms with van der Waals surface area (Å²) in [5.41, 5.74) is 0. The van der Waals surface area contributed by atoms with Gasteiger partial charge < -0.3 is 19.2 Å². The van der Waals surface area contributed by atoms with Gasteiger partial charge in [-0.15, -0.1) is 0 Å². The maximum absolute atomic E-state index is 10.8. The third kappa shape index (κ3) is 7.31. The van der Waals surface area contributed by atoms with Crippen molar-refractivity contribution < 1.29 is 28.3 Å². The maximum atomic E-state index is 10.8. The Hall–Kier alpha value is 0.650. The van der Waals surface area contributed by atoms with Crippen LogP contribution in [-0.4, -0.2) is 21.3 Å². The zero-order valence-electron chi connectivity index (χ0n) is 6.28. The van der Waals surface area contributed by atoms with E-state index in [2.05, 4.69) is 4.52 Å². The van der Waals surface area contributed by atoms with Crippen molar-refractivity contribution in [3.8, 4) is 0 Å². The van der Waals surface area contributed by atoms with E-state index in [4.69, 9.17) is 14.7 Å². The van der Waals surface area contributed by atoms with Gasteiger partial charge >= 0.3 is 13.6 Å². The van der Waals surface area contributed by atoms with Crippen molar-refractivity contribution in [2.75, 3.05) is 6.61 Å². The zero-order valence-corrected chi connectivity index (χ0v) is 8.89. The molecule has 0 radical (unpaired) electrons. The van der Waals surface area contributed by atoms with Gasteiger partial charge in [-0.05, 0) is 6.42 Å². The number of hydrogen-bond acceptors (Lipinski definition) is 4. The van der Waals surface area contributed by atoms with Crippen LogP contribution >= 0.6 is 24.6 Å². The van der Waals surface area contributed by atoms with E-state index >= 15 is 0 Å². The molecule has 6 nitrogen and oxygen atoms in total. The quantitative estimate of drug-likeness (QED) is 0.618. The summed E-state index contributed by atoms with van der Waals surface area (Å²) in [5, 5.41) is 0. The van der Waals surface area contributed by atoms with Crippen LogP contribution in [0.25, 0.3) is 0 Å². The number of rotatable bonds is 5. The summed E-state index contributed by atoms with van der Waals surface area (Å²) in [7, 11) is 0. The molecule has 0 saturated heterocycles. The Balaban J connectivity index is 4.05. The van der Waals surface area contributed by atoms with Crippen LogP contribution in [0.5, 0.6) is 0 Å². The van der Waals surface area contributed by atoms with Gasteiger partial charge in [0.15, 0.2) is 0 Å². The first kappa shape index (κ1) is 12.7. The van der Waals surface area contributed by atoms with E-state index < -0.39 is 13.6 Å². The van der Waals surface area contributed by atoms with Gasteiger partial charge in [0.25, 0.3) is 0 Å². The molecule has 1 unspecified atom stereocenters. The topological polar surface area (TPSA) is 104 Å². The molecule has 3 N–H and O–H groups in total. The molecule has 0 fully saturated rings. The van der Waals surface area contributed by atoms with Gasteiger partial charge in [-0.25, -0.2) is 9.13 Å². The molecule has 0 aliphatic carbocycles. The molecule has 0 aromatic rings. The summed E-state index contributed by atoms with van der Waals surface area (Å²) in [4.78, 5) is 25.4. The minimum atomic E-state index is -4.55. The van der Waals surface area contributed by atoms with Crippen LogP contribution in [0.1, 0.15) is 13.3 Å². The van der Waals surface area contributed by atoms with Crippen molar-refractivity contribution in [1.29, 1.82) is 0 Å². The molecule has 0 spiro atoms. The zero-order chi connectivity index (χ0) is 9.83. The fourth-order valence-corrected chi connectivity index (χ4v) is 5.11. The SMILES string of the molecule is CCCOP(=O)(O)SP(=O)(O)O. The largest absolute Gasteiger partial charge is 0.397 e. The van der Waals surface area contributed by atoms with Crippen LogP contribution in [0.15, 0.2) is 0 Å². The van der Waals surface area contributed by atoms with Gasteiger partial charge in [0, 0.05) is 0 Å². The lowest BCUT2D eigenvalue weighted by Crippen LogP contribution is -1.87. The molecule has 12 heavy (non-hydrogen) atoms. The van der Waals surface area contributed by atoms with Gasteiger partial charge in [-0.1, -0.05) is 6.92 Å². The molecule has 0 aromatic carbocycles. The van der Waals surface area contributed by atoms with Crippen molar-refractivity contribution in [3.05, 3.63) is 0 Å². The number of hydrogen-bond donors (Lipinski definition) is 3. The Morgan fingerprint density at radius 2 is 1.83 bits per heavy atom. The second kappa shape index (κ2) is 4.77. The molecule has 74 valence electrons. The van der Waals surface area contributed by atoms with Gasteiger partial charge in [0.05, 0.1) is 17.6 Å². The molecule has 9 heteroatoms. The lowest BCUT2D eigenvalue weighted by Gasteiger charge is -2.10. The summed E-state index contributed by atoms with van der Waals surface area (Å²) in [6, 6.07) is 0. The van der Waals surface area contributed by atoms with Crippen molar-refractivity contribution in [2.24, 2.45) is 0 Å². The molecule has 0 rings (SSSR count). The van der Waals surface area contributed by atoms with Gasteiger partial charge in [-0.3, -0.25) is 0 Å². The average molecular weight is 236 g/mol. The monoisotopic (exact) mass is 236 g/mol. The molecule has 0 amide bonds. The Bertz CT molecular complexity index is 223. The highest BCUT2D eigenvalue weighted by atomic mass is 33.1. The Kier molecular flexibility index (Phi) is 5.02. The summed E-state index contributed by atoms with van der Waals surface area (Å²) < 4.78 is 25.4. The van der Waals surface area contributed by atoms with Gasteiger partial charge in [-0.2, -0.15) is 0 Å². The molecule has 0 bridgehead atoms. The summed E-state index contributed by atoms with van der Waals surface area (Å²) in [5.74, 6) is 0. The summed E-state index contributed by atoms with van der Waals surface area (Å²) in [6.07, 6.45) is 0.506. The fourth-order valence-electron chi connectivity index (χ4n) is 0.365.